The zero-order chi connectivity index (χ0) is 62.6. The first-order valence-electron chi connectivity index (χ1n) is 29.8. The molecule has 1 saturated heterocycles. The van der Waals surface area contributed by atoms with E-state index in [2.05, 4.69) is 60.0 Å². The highest BCUT2D eigenvalue weighted by molar-refractivity contribution is 6.75. The predicted molar refractivity (Wildman–Crippen MR) is 328 cm³/mol. The number of ketones is 1. The Morgan fingerprint density at radius 2 is 1.30 bits per heavy atom. The summed E-state index contributed by atoms with van der Waals surface area (Å²) in [6.07, 6.45) is -8.75. The molecule has 2 bridgehead atoms. The summed E-state index contributed by atoms with van der Waals surface area (Å²) in [5, 5.41) is 17.1. The lowest BCUT2D eigenvalue weighted by Crippen LogP contribution is -2.82. The van der Waals surface area contributed by atoms with E-state index in [1.54, 1.807) is 100 Å². The molecular weight excluding hydrogens is 1120 g/mol. The number of hydrogen-bond acceptors (Lipinski definition) is 15. The Morgan fingerprint density at radius 1 is 0.750 bits per heavy atom. The summed E-state index contributed by atoms with van der Waals surface area (Å²) >= 11 is 0. The van der Waals surface area contributed by atoms with Crippen molar-refractivity contribution >= 4 is 60.5 Å². The van der Waals surface area contributed by atoms with Crippen molar-refractivity contribution in [3.8, 4) is 5.75 Å². The van der Waals surface area contributed by atoms with Crippen molar-refractivity contribution in [1.29, 1.82) is 0 Å². The molecule has 11 atom stereocenters. The Hall–Kier alpha value is -5.29. The highest BCUT2D eigenvalue weighted by Gasteiger charge is 2.79. The molecule has 1 aliphatic heterocycles. The highest BCUT2D eigenvalue weighted by Crippen LogP contribution is 2.65. The number of fused-ring (bicyclic) bond motifs is 5. The average Bonchev–Trinajstić information content (AvgIpc) is 0.787. The smallest absolute Gasteiger partial charge is 0.338 e. The summed E-state index contributed by atoms with van der Waals surface area (Å²) in [5.74, 6) is -5.24. The topological polar surface area (TPSA) is 209 Å². The number of amides is 1. The molecule has 7 rings (SSSR count). The lowest BCUT2D eigenvalue weighted by Gasteiger charge is -2.68. The number of esters is 4. The normalized spacial score (nSPS) is 27.7. The van der Waals surface area contributed by atoms with Crippen LogP contribution in [0.2, 0.25) is 54.4 Å². The van der Waals surface area contributed by atoms with Crippen LogP contribution in [0.5, 0.6) is 5.75 Å². The molecule has 3 aromatic carbocycles. The summed E-state index contributed by atoms with van der Waals surface area (Å²) in [5.41, 5.74) is -6.19. The molecule has 84 heavy (non-hydrogen) atoms. The molecule has 0 spiro atoms. The highest BCUT2D eigenvalue weighted by atomic mass is 28.4. The first-order chi connectivity index (χ1) is 38.9. The van der Waals surface area contributed by atoms with Gasteiger partial charge >= 0.3 is 23.9 Å². The summed E-state index contributed by atoms with van der Waals surface area (Å²) in [4.78, 5) is 89.8. The van der Waals surface area contributed by atoms with Gasteiger partial charge in [-0.25, -0.2) is 9.59 Å². The van der Waals surface area contributed by atoms with Crippen LogP contribution in [0.15, 0.2) is 96.1 Å². The van der Waals surface area contributed by atoms with Crippen LogP contribution in [-0.2, 0) is 51.7 Å². The van der Waals surface area contributed by atoms with Gasteiger partial charge in [0.15, 0.2) is 40.2 Å². The van der Waals surface area contributed by atoms with Crippen LogP contribution in [-0.4, -0.2) is 120 Å². The van der Waals surface area contributed by atoms with E-state index in [4.69, 9.17) is 37.0 Å². The Labute approximate surface area is 501 Å². The number of carbonyl (C=O) groups excluding carboxylic acids is 6. The minimum atomic E-state index is -3.02. The van der Waals surface area contributed by atoms with E-state index in [9.17, 15) is 19.5 Å². The van der Waals surface area contributed by atoms with Crippen LogP contribution >= 0.6 is 0 Å². The number of aliphatic hydroxyl groups is 1. The third kappa shape index (κ3) is 12.2. The zero-order valence-corrected chi connectivity index (χ0v) is 56.1. The quantitative estimate of drug-likeness (QED) is 0.0495. The number of rotatable bonds is 19. The zero-order valence-electron chi connectivity index (χ0n) is 53.1. The lowest BCUT2D eigenvalue weighted by atomic mass is 9.44. The van der Waals surface area contributed by atoms with Gasteiger partial charge in [-0.1, -0.05) is 125 Å². The first-order valence-corrected chi connectivity index (χ1v) is 38.2. The number of carbonyl (C=O) groups is 6. The van der Waals surface area contributed by atoms with E-state index >= 15 is 14.4 Å². The maximum Gasteiger partial charge on any atom is 0.338 e. The molecule has 0 unspecified atom stereocenters. The van der Waals surface area contributed by atoms with Gasteiger partial charge in [-0.3, -0.25) is 19.2 Å². The molecule has 0 radical (unpaired) electrons. The van der Waals surface area contributed by atoms with Gasteiger partial charge in [-0.05, 0) is 121 Å². The summed E-state index contributed by atoms with van der Waals surface area (Å²) < 4.78 is 54.1. The molecule has 0 aromatic heterocycles. The number of nitrogens with one attached hydrogen (secondary N) is 1. The van der Waals surface area contributed by atoms with Gasteiger partial charge in [0.05, 0.1) is 35.6 Å². The van der Waals surface area contributed by atoms with Gasteiger partial charge in [-0.2, -0.15) is 0 Å². The van der Waals surface area contributed by atoms with Crippen molar-refractivity contribution < 1.29 is 70.8 Å². The predicted octanol–water partition coefficient (Wildman–Crippen LogP) is 12.2. The molecular formula is C65H93NO15Si3. The first kappa shape index (κ1) is 66.2. The Balaban J connectivity index is 1.49. The van der Waals surface area contributed by atoms with Crippen molar-refractivity contribution in [2.75, 3.05) is 6.61 Å². The van der Waals surface area contributed by atoms with Crippen molar-refractivity contribution in [3.63, 3.8) is 0 Å². The molecule has 4 aliphatic rings. The van der Waals surface area contributed by atoms with Gasteiger partial charge in [0.2, 0.25) is 8.32 Å². The number of hydrogen-bond donors (Lipinski definition) is 2. The van der Waals surface area contributed by atoms with Gasteiger partial charge in [0.1, 0.15) is 29.7 Å². The minimum Gasteiger partial charge on any atom is -0.544 e. The molecule has 3 aliphatic carbocycles. The Morgan fingerprint density at radius 3 is 1.79 bits per heavy atom. The van der Waals surface area contributed by atoms with Gasteiger partial charge < -0.3 is 47.4 Å². The van der Waals surface area contributed by atoms with Crippen molar-refractivity contribution in [1.82, 2.24) is 5.32 Å². The fourth-order valence-electron chi connectivity index (χ4n) is 12.8. The maximum atomic E-state index is 16.7. The fraction of sp³-hybridized carbons (Fsp3) is 0.600. The standard InChI is InChI=1S/C65H93NO15Si3/c1-20-84(21-2,22-3)80-48-37-49-64(39-74-49,78-42(6)68)54-56(77-58(71)45-31-27-24-28-32-45)65(73)38-47(40(4)50(62(65,13)14)52(75-41(5)67)55(69)63(48,54)15)76-59(72)53(81-83(18,19)61(10,11)12)51(66-57(70)44-29-25-23-26-30-44)43-33-35-46(36-34-43)79-82(16,17)60(7,8)9/h23-36,47-49,51-54,56,73H,20-22,37-39H2,1-19H3,(H,66,70)/t47-,48-,49+,51-,52+,53+,54-,56-,63+,64-,65+/m0/s1. The largest absolute Gasteiger partial charge is 0.544 e. The molecule has 2 N–H and O–H groups in total. The van der Waals surface area contributed by atoms with Gasteiger partial charge in [0, 0.05) is 37.7 Å². The van der Waals surface area contributed by atoms with Crippen LogP contribution in [0.3, 0.4) is 0 Å². The minimum absolute atomic E-state index is 0.0803. The van der Waals surface area contributed by atoms with Crippen LogP contribution in [0.25, 0.3) is 0 Å². The van der Waals surface area contributed by atoms with E-state index < -0.39 is 143 Å². The van der Waals surface area contributed by atoms with Crippen LogP contribution in [0, 0.1) is 16.7 Å². The van der Waals surface area contributed by atoms with Crippen LogP contribution in [0.4, 0.5) is 0 Å². The van der Waals surface area contributed by atoms with E-state index in [0.29, 0.717) is 40.6 Å². The molecule has 19 heteroatoms. The Kier molecular flexibility index (Phi) is 19.0. The summed E-state index contributed by atoms with van der Waals surface area (Å²) in [7, 11) is -8.01. The molecule has 16 nitrogen and oxygen atoms in total. The Bertz CT molecular complexity index is 2960. The fourth-order valence-corrected chi connectivity index (χ4v) is 18.0. The van der Waals surface area contributed by atoms with Crippen molar-refractivity contribution in [3.05, 3.63) is 113 Å². The second-order valence-corrected chi connectivity index (χ2v) is 41.8. The molecule has 2 saturated carbocycles. The lowest BCUT2D eigenvalue weighted by molar-refractivity contribution is -0.344. The molecule has 460 valence electrons. The van der Waals surface area contributed by atoms with E-state index in [1.807, 2.05) is 46.0 Å². The van der Waals surface area contributed by atoms with Crippen LogP contribution in [0.1, 0.15) is 149 Å². The second-order valence-electron chi connectivity index (χ2n) is 27.6. The van der Waals surface area contributed by atoms with E-state index in [-0.39, 0.29) is 29.2 Å². The second kappa shape index (κ2) is 24.1. The van der Waals surface area contributed by atoms with Crippen molar-refractivity contribution in [2.45, 2.75) is 225 Å². The average molecular weight is 1210 g/mol. The third-order valence-electron chi connectivity index (χ3n) is 20.2. The number of Topliss-reactive ketones (excluding diaryl/α,β-unsaturated/α-hetero) is 1. The number of ether oxygens (including phenoxy) is 5. The molecule has 3 aromatic rings. The van der Waals surface area contributed by atoms with E-state index in [0.717, 1.165) is 0 Å². The van der Waals surface area contributed by atoms with Gasteiger partial charge in [-0.15, -0.1) is 0 Å². The number of benzene rings is 3. The monoisotopic (exact) mass is 1210 g/mol. The summed E-state index contributed by atoms with van der Waals surface area (Å²) in [6.45, 7) is 35.9. The van der Waals surface area contributed by atoms with Crippen molar-refractivity contribution in [2.24, 2.45) is 16.7 Å². The van der Waals surface area contributed by atoms with Crippen LogP contribution < -0.4 is 9.74 Å². The van der Waals surface area contributed by atoms with E-state index in [1.165, 1.54) is 13.8 Å². The molecule has 1 amide bonds. The molecule has 3 fully saturated rings. The molecule has 1 heterocycles. The third-order valence-corrected chi connectivity index (χ3v) is 33.7. The SMILES string of the molecule is CC[Si](CC)(CC)O[C@H]1C[C@H]2OC[C@@]2(OC(C)=O)[C@H]2[C@H](OC(=O)c3ccccc3)[C@]3(O)C[C@H](OC(=O)[C@H](O[Si](C)(C)C(C)(C)C)[C@@H](NC(=O)c4ccccc4)c4ccc(O[Si](C)(C)C(C)(C)C)cc4)C(C)=C([C@@H](OC(C)=O)C(=O)[C@]12C)C3(C)C. The maximum absolute atomic E-state index is 16.7. The van der Waals surface area contributed by atoms with Gasteiger partial charge in [0.25, 0.3) is 5.91 Å². The summed E-state index contributed by atoms with van der Waals surface area (Å²) in [6, 6.07) is 25.0.